The van der Waals surface area contributed by atoms with E-state index in [-0.39, 0.29) is 5.82 Å². The number of nitriles is 1. The van der Waals surface area contributed by atoms with Gasteiger partial charge in [0.05, 0.1) is 11.6 Å². The molecule has 0 atom stereocenters. The number of aromatic nitrogens is 1. The maximum atomic E-state index is 13.4. The number of halogens is 1. The fourth-order valence-electron chi connectivity index (χ4n) is 2.42. The average molecular weight is 265 g/mol. The van der Waals surface area contributed by atoms with Gasteiger partial charge >= 0.3 is 0 Å². The zero-order chi connectivity index (χ0) is 14.1. The summed E-state index contributed by atoms with van der Waals surface area (Å²) >= 11 is 0. The molecular formula is C16H12FN3. The molecule has 4 heteroatoms. The molecule has 0 aliphatic carbocycles. The number of nitrogen functional groups attached to an aromatic ring is 1. The number of anilines is 1. The highest BCUT2D eigenvalue weighted by molar-refractivity contribution is 5.86. The van der Waals surface area contributed by atoms with Crippen molar-refractivity contribution >= 4 is 16.6 Å². The van der Waals surface area contributed by atoms with Crippen molar-refractivity contribution in [2.75, 3.05) is 5.73 Å². The second-order valence-corrected chi connectivity index (χ2v) is 4.69. The fraction of sp³-hybridized carbons (Fsp3) is 0.0625. The fourth-order valence-corrected chi connectivity index (χ4v) is 2.42. The lowest BCUT2D eigenvalue weighted by Crippen LogP contribution is -2.00. The number of rotatable bonds is 2. The lowest BCUT2D eigenvalue weighted by atomic mass is 10.1. The highest BCUT2D eigenvalue weighted by Gasteiger charge is 2.06. The summed E-state index contributed by atoms with van der Waals surface area (Å²) in [4.78, 5) is 0. The van der Waals surface area contributed by atoms with Gasteiger partial charge in [-0.1, -0.05) is 6.07 Å². The Morgan fingerprint density at radius 2 is 2.05 bits per heavy atom. The van der Waals surface area contributed by atoms with Crippen LogP contribution in [0.25, 0.3) is 10.9 Å². The van der Waals surface area contributed by atoms with Crippen molar-refractivity contribution in [1.82, 2.24) is 4.57 Å². The molecule has 1 aromatic heterocycles. The standard InChI is InChI=1S/C16H12FN3/c17-13-6-11(7-14(19)8-13)10-20-5-4-15-12(9-18)2-1-3-16(15)20/h1-8H,10,19H2. The minimum Gasteiger partial charge on any atom is -0.399 e. The smallest absolute Gasteiger partial charge is 0.125 e. The van der Waals surface area contributed by atoms with E-state index >= 15 is 0 Å². The monoisotopic (exact) mass is 265 g/mol. The van der Waals surface area contributed by atoms with E-state index in [1.54, 1.807) is 12.1 Å². The Morgan fingerprint density at radius 3 is 2.80 bits per heavy atom. The Bertz CT molecular complexity index is 807. The first kappa shape index (κ1) is 12.2. The Balaban J connectivity index is 2.05. The molecule has 0 aliphatic rings. The van der Waals surface area contributed by atoms with E-state index in [9.17, 15) is 4.39 Å². The Labute approximate surface area is 115 Å². The van der Waals surface area contributed by atoms with Gasteiger partial charge in [0.25, 0.3) is 0 Å². The molecule has 98 valence electrons. The van der Waals surface area contributed by atoms with Crippen LogP contribution < -0.4 is 5.73 Å². The lowest BCUT2D eigenvalue weighted by molar-refractivity contribution is 0.625. The Kier molecular flexibility index (Phi) is 2.88. The van der Waals surface area contributed by atoms with Gasteiger partial charge in [-0.2, -0.15) is 5.26 Å². The van der Waals surface area contributed by atoms with Gasteiger partial charge in [-0.05, 0) is 42.0 Å². The van der Waals surface area contributed by atoms with E-state index in [0.29, 0.717) is 17.8 Å². The second kappa shape index (κ2) is 4.71. The van der Waals surface area contributed by atoms with E-state index in [0.717, 1.165) is 16.5 Å². The molecule has 0 radical (unpaired) electrons. The molecule has 3 aromatic rings. The Hall–Kier alpha value is -2.80. The summed E-state index contributed by atoms with van der Waals surface area (Å²) in [6, 6.07) is 14.2. The predicted molar refractivity (Wildman–Crippen MR) is 76.6 cm³/mol. The molecule has 2 N–H and O–H groups in total. The number of nitrogens with two attached hydrogens (primary N) is 1. The van der Waals surface area contributed by atoms with Crippen molar-refractivity contribution in [2.45, 2.75) is 6.54 Å². The molecule has 0 fully saturated rings. The molecule has 0 bridgehead atoms. The first-order valence-corrected chi connectivity index (χ1v) is 6.20. The molecule has 0 saturated heterocycles. The summed E-state index contributed by atoms with van der Waals surface area (Å²) in [6.45, 7) is 0.514. The molecule has 0 spiro atoms. The highest BCUT2D eigenvalue weighted by atomic mass is 19.1. The minimum atomic E-state index is -0.339. The summed E-state index contributed by atoms with van der Waals surface area (Å²) in [5.74, 6) is -0.339. The third-order valence-electron chi connectivity index (χ3n) is 3.27. The van der Waals surface area contributed by atoms with E-state index in [1.807, 2.05) is 29.0 Å². The maximum Gasteiger partial charge on any atom is 0.125 e. The van der Waals surface area contributed by atoms with Crippen molar-refractivity contribution in [3.8, 4) is 6.07 Å². The number of hydrogen-bond acceptors (Lipinski definition) is 2. The topological polar surface area (TPSA) is 54.7 Å². The zero-order valence-electron chi connectivity index (χ0n) is 10.7. The first-order valence-electron chi connectivity index (χ1n) is 6.20. The summed E-state index contributed by atoms with van der Waals surface area (Å²) in [5, 5.41) is 9.98. The van der Waals surface area contributed by atoms with Crippen LogP contribution in [0.15, 0.2) is 48.7 Å². The van der Waals surface area contributed by atoms with Crippen LogP contribution in [0, 0.1) is 17.1 Å². The molecule has 3 nitrogen and oxygen atoms in total. The Morgan fingerprint density at radius 1 is 1.20 bits per heavy atom. The molecule has 0 saturated carbocycles. The van der Waals surface area contributed by atoms with Crippen LogP contribution in [0.2, 0.25) is 0 Å². The SMILES string of the molecule is N#Cc1cccc2c1ccn2Cc1cc(N)cc(F)c1. The van der Waals surface area contributed by atoms with Gasteiger partial charge in [0.15, 0.2) is 0 Å². The summed E-state index contributed by atoms with van der Waals surface area (Å²) in [6.07, 6.45) is 1.90. The van der Waals surface area contributed by atoms with Crippen molar-refractivity contribution in [1.29, 1.82) is 5.26 Å². The van der Waals surface area contributed by atoms with Crippen LogP contribution in [-0.4, -0.2) is 4.57 Å². The van der Waals surface area contributed by atoms with Gasteiger partial charge < -0.3 is 10.3 Å². The predicted octanol–water partition coefficient (Wildman–Crippen LogP) is 3.28. The van der Waals surface area contributed by atoms with Crippen LogP contribution in [-0.2, 0) is 6.54 Å². The maximum absolute atomic E-state index is 13.4. The van der Waals surface area contributed by atoms with Gasteiger partial charge in [0.1, 0.15) is 5.82 Å². The van der Waals surface area contributed by atoms with Crippen LogP contribution >= 0.6 is 0 Å². The normalized spacial score (nSPS) is 10.6. The van der Waals surface area contributed by atoms with Gasteiger partial charge in [-0.15, -0.1) is 0 Å². The molecule has 20 heavy (non-hydrogen) atoms. The molecule has 0 amide bonds. The largest absolute Gasteiger partial charge is 0.399 e. The number of benzene rings is 2. The zero-order valence-corrected chi connectivity index (χ0v) is 10.7. The quantitative estimate of drug-likeness (QED) is 0.723. The highest BCUT2D eigenvalue weighted by Crippen LogP contribution is 2.21. The van der Waals surface area contributed by atoms with Crippen LogP contribution in [0.3, 0.4) is 0 Å². The number of nitrogens with zero attached hydrogens (tertiary/aromatic N) is 2. The molecule has 3 rings (SSSR count). The van der Waals surface area contributed by atoms with E-state index in [1.165, 1.54) is 12.1 Å². The van der Waals surface area contributed by atoms with Crippen molar-refractivity contribution in [2.24, 2.45) is 0 Å². The number of fused-ring (bicyclic) bond motifs is 1. The second-order valence-electron chi connectivity index (χ2n) is 4.69. The van der Waals surface area contributed by atoms with Gasteiger partial charge in [0.2, 0.25) is 0 Å². The van der Waals surface area contributed by atoms with Gasteiger partial charge in [-0.3, -0.25) is 0 Å². The molecule has 0 aliphatic heterocycles. The van der Waals surface area contributed by atoms with Crippen LogP contribution in [0.4, 0.5) is 10.1 Å². The van der Waals surface area contributed by atoms with Crippen LogP contribution in [0.1, 0.15) is 11.1 Å². The molecule has 2 aromatic carbocycles. The number of hydrogen-bond donors (Lipinski definition) is 1. The van der Waals surface area contributed by atoms with Crippen LogP contribution in [0.5, 0.6) is 0 Å². The summed E-state index contributed by atoms with van der Waals surface area (Å²) in [7, 11) is 0. The van der Waals surface area contributed by atoms with E-state index in [2.05, 4.69) is 6.07 Å². The van der Waals surface area contributed by atoms with Crippen molar-refractivity contribution < 1.29 is 4.39 Å². The van der Waals surface area contributed by atoms with E-state index in [4.69, 9.17) is 11.0 Å². The van der Waals surface area contributed by atoms with Crippen molar-refractivity contribution in [3.05, 3.63) is 65.6 Å². The summed E-state index contributed by atoms with van der Waals surface area (Å²) < 4.78 is 15.3. The third kappa shape index (κ3) is 2.10. The first-order chi connectivity index (χ1) is 9.67. The summed E-state index contributed by atoms with van der Waals surface area (Å²) in [5.41, 5.74) is 8.45. The average Bonchev–Trinajstić information content (AvgIpc) is 2.81. The third-order valence-corrected chi connectivity index (χ3v) is 3.27. The van der Waals surface area contributed by atoms with Gasteiger partial charge in [0, 0.05) is 29.3 Å². The van der Waals surface area contributed by atoms with Crippen molar-refractivity contribution in [3.63, 3.8) is 0 Å². The lowest BCUT2D eigenvalue weighted by Gasteiger charge is -2.07. The van der Waals surface area contributed by atoms with E-state index < -0.39 is 0 Å². The molecule has 1 heterocycles. The molecular weight excluding hydrogens is 253 g/mol. The molecule has 0 unspecified atom stereocenters. The van der Waals surface area contributed by atoms with Gasteiger partial charge in [-0.25, -0.2) is 4.39 Å². The minimum absolute atomic E-state index is 0.339.